The van der Waals surface area contributed by atoms with Gasteiger partial charge in [0, 0.05) is 7.11 Å². The average Bonchev–Trinajstić information content (AvgIpc) is 2.48. The minimum absolute atomic E-state index is 0.575. The van der Waals surface area contributed by atoms with Gasteiger partial charge in [-0.2, -0.15) is 0 Å². The van der Waals surface area contributed by atoms with Gasteiger partial charge in [-0.1, -0.05) is 0 Å². The molecule has 0 bridgehead atoms. The molecule has 0 spiro atoms. The van der Waals surface area contributed by atoms with Crippen LogP contribution in [-0.4, -0.2) is 34.4 Å². The first-order valence-corrected chi connectivity index (χ1v) is 6.74. The zero-order valence-electron chi connectivity index (χ0n) is 12.0. The van der Waals surface area contributed by atoms with E-state index >= 15 is 0 Å². The smallest absolute Gasteiger partial charge is 0.161 e. The third-order valence-corrected chi connectivity index (χ3v) is 3.72. The molecule has 19 heavy (non-hydrogen) atoms. The van der Waals surface area contributed by atoms with Gasteiger partial charge in [0.1, 0.15) is 0 Å². The highest BCUT2D eigenvalue weighted by Crippen LogP contribution is 2.37. The second-order valence-electron chi connectivity index (χ2n) is 4.86. The van der Waals surface area contributed by atoms with E-state index in [1.807, 2.05) is 6.07 Å². The number of hydrogen-bond acceptors (Lipinski definition) is 4. The van der Waals surface area contributed by atoms with Crippen LogP contribution in [0.4, 0.5) is 0 Å². The molecule has 1 aromatic carbocycles. The second kappa shape index (κ2) is 6.78. The van der Waals surface area contributed by atoms with Crippen LogP contribution >= 0.6 is 0 Å². The maximum Gasteiger partial charge on any atom is 0.161 e. The molecule has 1 heterocycles. The van der Waals surface area contributed by atoms with Gasteiger partial charge in [-0.25, -0.2) is 0 Å². The van der Waals surface area contributed by atoms with Crippen molar-refractivity contribution in [3.63, 3.8) is 0 Å². The third-order valence-electron chi connectivity index (χ3n) is 3.72. The Labute approximate surface area is 115 Å². The monoisotopic (exact) mass is 265 g/mol. The third kappa shape index (κ3) is 3.19. The summed E-state index contributed by atoms with van der Waals surface area (Å²) in [6, 6.07) is 4.16. The molecule has 1 N–H and O–H groups in total. The van der Waals surface area contributed by atoms with Crippen molar-refractivity contribution in [1.29, 1.82) is 0 Å². The highest BCUT2D eigenvalue weighted by Gasteiger charge is 2.20. The molecular formula is C15H23NO3. The topological polar surface area (TPSA) is 39.7 Å². The Balaban J connectivity index is 2.37. The quantitative estimate of drug-likeness (QED) is 0.887. The first-order chi connectivity index (χ1) is 9.30. The van der Waals surface area contributed by atoms with Crippen molar-refractivity contribution in [3.05, 3.63) is 23.3 Å². The number of rotatable bonds is 5. The summed E-state index contributed by atoms with van der Waals surface area (Å²) >= 11 is 0. The van der Waals surface area contributed by atoms with Gasteiger partial charge in [0.25, 0.3) is 0 Å². The molecule has 0 aromatic heterocycles. The van der Waals surface area contributed by atoms with E-state index in [2.05, 4.69) is 11.4 Å². The lowest BCUT2D eigenvalue weighted by Crippen LogP contribution is -2.27. The Morgan fingerprint density at radius 3 is 2.26 bits per heavy atom. The molecule has 4 nitrogen and oxygen atoms in total. The lowest BCUT2D eigenvalue weighted by atomic mass is 9.87. The van der Waals surface area contributed by atoms with Crippen LogP contribution in [0.1, 0.15) is 29.9 Å². The number of piperidine rings is 1. The first-order valence-electron chi connectivity index (χ1n) is 6.74. The summed E-state index contributed by atoms with van der Waals surface area (Å²) in [7, 11) is 5.07. The van der Waals surface area contributed by atoms with Crippen molar-refractivity contribution in [2.45, 2.75) is 25.4 Å². The van der Waals surface area contributed by atoms with Gasteiger partial charge < -0.3 is 19.5 Å². The molecular weight excluding hydrogens is 242 g/mol. The maximum absolute atomic E-state index is 5.42. The lowest BCUT2D eigenvalue weighted by Gasteiger charge is -2.26. The highest BCUT2D eigenvalue weighted by molar-refractivity contribution is 5.48. The van der Waals surface area contributed by atoms with Crippen LogP contribution in [0.25, 0.3) is 0 Å². The van der Waals surface area contributed by atoms with Gasteiger partial charge in [0.2, 0.25) is 0 Å². The largest absolute Gasteiger partial charge is 0.493 e. The summed E-state index contributed by atoms with van der Waals surface area (Å²) in [6.45, 7) is 2.76. The van der Waals surface area contributed by atoms with Gasteiger partial charge in [-0.3, -0.25) is 0 Å². The summed E-state index contributed by atoms with van der Waals surface area (Å²) in [5.41, 5.74) is 2.54. The summed E-state index contributed by atoms with van der Waals surface area (Å²) in [6.07, 6.45) is 2.32. The number of nitrogens with one attached hydrogen (secondary N) is 1. The highest BCUT2D eigenvalue weighted by atomic mass is 16.5. The van der Waals surface area contributed by atoms with Crippen molar-refractivity contribution in [1.82, 2.24) is 5.32 Å². The van der Waals surface area contributed by atoms with Crippen LogP contribution < -0.4 is 14.8 Å². The van der Waals surface area contributed by atoms with E-state index in [0.29, 0.717) is 12.5 Å². The predicted molar refractivity (Wildman–Crippen MR) is 75.1 cm³/mol. The minimum Gasteiger partial charge on any atom is -0.493 e. The van der Waals surface area contributed by atoms with Gasteiger partial charge in [-0.15, -0.1) is 0 Å². The molecule has 0 atom stereocenters. The summed E-state index contributed by atoms with van der Waals surface area (Å²) < 4.78 is 16.1. The van der Waals surface area contributed by atoms with E-state index in [9.17, 15) is 0 Å². The molecule has 2 rings (SSSR count). The Kier molecular flexibility index (Phi) is 5.05. The number of methoxy groups -OCH3 is 3. The Bertz CT molecular complexity index is 414. The molecule has 1 aliphatic heterocycles. The summed E-state index contributed by atoms with van der Waals surface area (Å²) in [4.78, 5) is 0. The van der Waals surface area contributed by atoms with Crippen LogP contribution in [0, 0.1) is 0 Å². The molecule has 106 valence electrons. The van der Waals surface area contributed by atoms with E-state index in [1.165, 1.54) is 11.1 Å². The molecule has 0 unspecified atom stereocenters. The van der Waals surface area contributed by atoms with Crippen LogP contribution in [-0.2, 0) is 11.3 Å². The predicted octanol–water partition coefficient (Wildman–Crippen LogP) is 2.32. The second-order valence-corrected chi connectivity index (χ2v) is 4.86. The standard InChI is InChI=1S/C15H23NO3/c1-17-10-12-8-14(18-2)15(19-3)9-13(12)11-4-6-16-7-5-11/h8-9,11,16H,4-7,10H2,1-3H3. The normalized spacial score (nSPS) is 16.4. The van der Waals surface area contributed by atoms with E-state index in [1.54, 1.807) is 21.3 Å². The zero-order chi connectivity index (χ0) is 13.7. The van der Waals surface area contributed by atoms with Gasteiger partial charge >= 0.3 is 0 Å². The number of benzene rings is 1. The number of ether oxygens (including phenoxy) is 3. The molecule has 1 aliphatic rings. The molecule has 1 aromatic rings. The van der Waals surface area contributed by atoms with Gasteiger partial charge in [-0.05, 0) is 55.1 Å². The fraction of sp³-hybridized carbons (Fsp3) is 0.600. The molecule has 0 saturated carbocycles. The van der Waals surface area contributed by atoms with Crippen LogP contribution in [0.2, 0.25) is 0 Å². The number of hydrogen-bond donors (Lipinski definition) is 1. The van der Waals surface area contributed by atoms with Crippen molar-refractivity contribution in [2.75, 3.05) is 34.4 Å². The molecule has 0 radical (unpaired) electrons. The molecule has 0 aliphatic carbocycles. The molecule has 4 heteroatoms. The molecule has 1 saturated heterocycles. The Morgan fingerprint density at radius 1 is 1.05 bits per heavy atom. The van der Waals surface area contributed by atoms with E-state index in [0.717, 1.165) is 37.4 Å². The fourth-order valence-corrected chi connectivity index (χ4v) is 2.73. The van der Waals surface area contributed by atoms with Crippen LogP contribution in [0.5, 0.6) is 11.5 Å². The van der Waals surface area contributed by atoms with E-state index in [-0.39, 0.29) is 0 Å². The Hall–Kier alpha value is -1.26. The first kappa shape index (κ1) is 14.2. The van der Waals surface area contributed by atoms with Crippen LogP contribution in [0.3, 0.4) is 0 Å². The van der Waals surface area contributed by atoms with Crippen molar-refractivity contribution in [2.24, 2.45) is 0 Å². The van der Waals surface area contributed by atoms with Crippen molar-refractivity contribution < 1.29 is 14.2 Å². The molecule has 0 amide bonds. The zero-order valence-corrected chi connectivity index (χ0v) is 12.0. The Morgan fingerprint density at radius 2 is 1.68 bits per heavy atom. The van der Waals surface area contributed by atoms with Crippen LogP contribution in [0.15, 0.2) is 12.1 Å². The SMILES string of the molecule is COCc1cc(OC)c(OC)cc1C1CCNCC1. The average molecular weight is 265 g/mol. The van der Waals surface area contributed by atoms with E-state index < -0.39 is 0 Å². The lowest BCUT2D eigenvalue weighted by molar-refractivity contribution is 0.183. The van der Waals surface area contributed by atoms with Gasteiger partial charge in [0.05, 0.1) is 20.8 Å². The van der Waals surface area contributed by atoms with Crippen molar-refractivity contribution >= 4 is 0 Å². The summed E-state index contributed by atoms with van der Waals surface area (Å²) in [5, 5.41) is 3.40. The summed E-state index contributed by atoms with van der Waals surface area (Å²) in [5.74, 6) is 2.15. The molecule has 1 fully saturated rings. The fourth-order valence-electron chi connectivity index (χ4n) is 2.73. The maximum atomic E-state index is 5.42. The van der Waals surface area contributed by atoms with E-state index in [4.69, 9.17) is 14.2 Å². The van der Waals surface area contributed by atoms with Gasteiger partial charge in [0.15, 0.2) is 11.5 Å². The van der Waals surface area contributed by atoms with Crippen molar-refractivity contribution in [3.8, 4) is 11.5 Å². The minimum atomic E-state index is 0.575.